The molecule has 0 aliphatic heterocycles. The number of aromatic nitrogens is 6. The molecule has 0 spiro atoms. The average Bonchev–Trinajstić information content (AvgIpc) is 3.39. The van der Waals surface area contributed by atoms with E-state index in [0.717, 1.165) is 4.57 Å². The Bertz CT molecular complexity index is 1490. The highest BCUT2D eigenvalue weighted by Crippen LogP contribution is 2.07. The summed E-state index contributed by atoms with van der Waals surface area (Å²) in [4.78, 5) is 57.8. The molecule has 1 atom stereocenters. The van der Waals surface area contributed by atoms with Crippen LogP contribution in [0.25, 0.3) is 11.2 Å². The average molecular weight is 572 g/mol. The largest absolute Gasteiger partial charge is 0.478 e. The van der Waals surface area contributed by atoms with Crippen LogP contribution >= 0.6 is 0 Å². The molecule has 0 saturated carbocycles. The van der Waals surface area contributed by atoms with E-state index in [4.69, 9.17) is 15.3 Å². The van der Waals surface area contributed by atoms with E-state index < -0.39 is 29.3 Å². The first-order valence-corrected chi connectivity index (χ1v) is 12.4. The van der Waals surface area contributed by atoms with Crippen molar-refractivity contribution in [1.82, 2.24) is 33.6 Å². The fraction of sp³-hybridized carbons (Fsp3) is 0.346. The molecule has 0 saturated heterocycles. The summed E-state index contributed by atoms with van der Waals surface area (Å²) >= 11 is 0. The van der Waals surface area contributed by atoms with Crippen molar-refractivity contribution in [1.29, 1.82) is 0 Å². The molecule has 4 aromatic heterocycles. The van der Waals surface area contributed by atoms with Crippen LogP contribution in [0.15, 0.2) is 65.0 Å². The third kappa shape index (κ3) is 9.16. The maximum atomic E-state index is 12.3. The monoisotopic (exact) mass is 571 g/mol. The van der Waals surface area contributed by atoms with Crippen LogP contribution in [-0.2, 0) is 20.6 Å². The van der Waals surface area contributed by atoms with Crippen LogP contribution in [0.2, 0.25) is 0 Å². The Hall–Kier alpha value is -4.73. The predicted molar refractivity (Wildman–Crippen MR) is 148 cm³/mol. The lowest BCUT2D eigenvalue weighted by atomic mass is 10.3. The van der Waals surface area contributed by atoms with Gasteiger partial charge in [-0.25, -0.2) is 19.4 Å². The molecule has 4 N–H and O–H groups in total. The lowest BCUT2D eigenvalue weighted by Crippen LogP contribution is -2.39. The van der Waals surface area contributed by atoms with Gasteiger partial charge in [-0.05, 0) is 30.8 Å². The van der Waals surface area contributed by atoms with Crippen molar-refractivity contribution in [2.75, 3.05) is 26.2 Å². The number of likely N-dealkylation sites (N-methyl/N-ethyl adjacent to an activating group) is 1. The van der Waals surface area contributed by atoms with Gasteiger partial charge < -0.3 is 25.0 Å². The summed E-state index contributed by atoms with van der Waals surface area (Å²) in [5, 5.41) is 35.9. The molecular weight excluding hydrogens is 538 g/mol. The Morgan fingerprint density at radius 2 is 1.54 bits per heavy atom. The van der Waals surface area contributed by atoms with E-state index in [9.17, 15) is 24.3 Å². The van der Waals surface area contributed by atoms with Crippen molar-refractivity contribution in [3.63, 3.8) is 0 Å². The number of rotatable bonds is 9. The molecule has 15 heteroatoms. The van der Waals surface area contributed by atoms with Gasteiger partial charge in [-0.1, -0.05) is 6.92 Å². The lowest BCUT2D eigenvalue weighted by molar-refractivity contribution is 0.0685. The Morgan fingerprint density at radius 3 is 1.95 bits per heavy atom. The number of aryl methyl sites for hydroxylation is 1. The fourth-order valence-electron chi connectivity index (χ4n) is 3.62. The van der Waals surface area contributed by atoms with Gasteiger partial charge in [-0.3, -0.25) is 28.8 Å². The molecule has 4 aromatic rings. The van der Waals surface area contributed by atoms with Crippen LogP contribution in [0, 0.1) is 0 Å². The van der Waals surface area contributed by atoms with E-state index >= 15 is 0 Å². The number of aliphatic hydroxyl groups is 2. The van der Waals surface area contributed by atoms with Crippen LogP contribution < -0.4 is 11.2 Å². The van der Waals surface area contributed by atoms with E-state index in [0.29, 0.717) is 30.8 Å². The van der Waals surface area contributed by atoms with Gasteiger partial charge in [0.1, 0.15) is 0 Å². The number of carboxylic acids is 2. The van der Waals surface area contributed by atoms with E-state index in [-0.39, 0.29) is 24.3 Å². The molecule has 0 fully saturated rings. The molecule has 0 aliphatic rings. The Kier molecular flexibility index (Phi) is 12.5. The molecule has 0 radical (unpaired) electrons. The summed E-state index contributed by atoms with van der Waals surface area (Å²) in [6.45, 7) is 3.72. The highest BCUT2D eigenvalue weighted by atomic mass is 16.4. The molecule has 220 valence electrons. The second-order valence-corrected chi connectivity index (χ2v) is 8.64. The van der Waals surface area contributed by atoms with Gasteiger partial charge in [0.05, 0.1) is 36.7 Å². The zero-order valence-electron chi connectivity index (χ0n) is 22.9. The molecule has 4 heterocycles. The molecule has 0 amide bonds. The summed E-state index contributed by atoms with van der Waals surface area (Å²) in [7, 11) is 2.97. The first-order valence-electron chi connectivity index (χ1n) is 12.4. The van der Waals surface area contributed by atoms with Crippen LogP contribution in [-0.4, -0.2) is 98.3 Å². The molecule has 0 bridgehead atoms. The second kappa shape index (κ2) is 15.8. The van der Waals surface area contributed by atoms with E-state index in [1.165, 1.54) is 54.9 Å². The van der Waals surface area contributed by atoms with Crippen LogP contribution in [0.5, 0.6) is 0 Å². The zero-order valence-corrected chi connectivity index (χ0v) is 22.9. The van der Waals surface area contributed by atoms with E-state index in [1.807, 2.05) is 11.8 Å². The van der Waals surface area contributed by atoms with Crippen LogP contribution in [0.4, 0.5) is 0 Å². The number of aromatic carboxylic acids is 2. The predicted octanol–water partition coefficient (Wildman–Crippen LogP) is -0.332. The van der Waals surface area contributed by atoms with Gasteiger partial charge in [0, 0.05) is 52.0 Å². The van der Waals surface area contributed by atoms with Crippen molar-refractivity contribution in [2.24, 2.45) is 14.1 Å². The number of carbonyl (C=O) groups is 2. The van der Waals surface area contributed by atoms with Crippen LogP contribution in [0.1, 0.15) is 27.6 Å². The molecule has 4 rings (SSSR count). The molecular formula is C26H33N7O8. The zero-order chi connectivity index (χ0) is 30.5. The number of pyridine rings is 2. The normalized spacial score (nSPS) is 11.3. The highest BCUT2D eigenvalue weighted by Gasteiger charge is 2.17. The second-order valence-electron chi connectivity index (χ2n) is 8.64. The van der Waals surface area contributed by atoms with E-state index in [2.05, 4.69) is 15.0 Å². The first-order chi connectivity index (χ1) is 19.5. The fourth-order valence-corrected chi connectivity index (χ4v) is 3.62. The molecule has 0 aromatic carbocycles. The molecule has 0 aliphatic carbocycles. The minimum Gasteiger partial charge on any atom is -0.478 e. The summed E-state index contributed by atoms with van der Waals surface area (Å²) in [6, 6.07) is 6.16. The number of nitrogens with zero attached hydrogens (tertiary/aromatic N) is 7. The molecule has 1 unspecified atom stereocenters. The SMILES string of the molecule is CCN(CCO)CC(O)Cn1cnc2c1c(=O)n(C)c(=O)n2C.O=C(O)c1cccnc1.O=C(O)c1cccnc1. The number of fused-ring (bicyclic) bond motifs is 1. The van der Waals surface area contributed by atoms with Crippen molar-refractivity contribution < 1.29 is 30.0 Å². The number of hydrogen-bond acceptors (Lipinski definition) is 10. The number of aliphatic hydroxyl groups excluding tert-OH is 2. The Labute approximate surface area is 234 Å². The van der Waals surface area contributed by atoms with Crippen molar-refractivity contribution in [3.05, 3.63) is 87.3 Å². The van der Waals surface area contributed by atoms with Crippen molar-refractivity contribution in [2.45, 2.75) is 19.6 Å². The quantitative estimate of drug-likeness (QED) is 0.204. The minimum atomic E-state index is -0.942. The van der Waals surface area contributed by atoms with Crippen molar-refractivity contribution in [3.8, 4) is 0 Å². The number of imidazole rings is 1. The maximum Gasteiger partial charge on any atom is 0.337 e. The summed E-state index contributed by atoms with van der Waals surface area (Å²) in [6.07, 6.45) is 6.42. The standard InChI is InChI=1S/C14H23N5O4.2C6H5NO2/c1-4-18(5-6-20)7-10(21)8-19-9-15-12-11(19)13(22)17(3)14(23)16(12)2;2*8-6(9)5-2-1-3-7-4-5/h9-10,20-21H,4-8H2,1-3H3;2*1-4H,(H,8,9). The van der Waals surface area contributed by atoms with Crippen molar-refractivity contribution >= 4 is 23.1 Å². The summed E-state index contributed by atoms with van der Waals surface area (Å²) in [5.41, 5.74) is 0.158. The Morgan fingerprint density at radius 1 is 0.976 bits per heavy atom. The Balaban J connectivity index is 0.000000265. The van der Waals surface area contributed by atoms with Gasteiger partial charge in [0.15, 0.2) is 11.2 Å². The van der Waals surface area contributed by atoms with Gasteiger partial charge in [-0.2, -0.15) is 0 Å². The van der Waals surface area contributed by atoms with Crippen LogP contribution in [0.3, 0.4) is 0 Å². The number of carboxylic acid groups (broad SMARTS) is 2. The molecule has 15 nitrogen and oxygen atoms in total. The van der Waals surface area contributed by atoms with Gasteiger partial charge >= 0.3 is 17.6 Å². The summed E-state index contributed by atoms with van der Waals surface area (Å²) in [5.74, 6) is -1.88. The smallest absolute Gasteiger partial charge is 0.337 e. The topological polar surface area (TPSA) is 206 Å². The summed E-state index contributed by atoms with van der Waals surface area (Å²) < 4.78 is 3.90. The van der Waals surface area contributed by atoms with Gasteiger partial charge in [0.2, 0.25) is 0 Å². The molecule has 41 heavy (non-hydrogen) atoms. The highest BCUT2D eigenvalue weighted by molar-refractivity contribution is 5.87. The third-order valence-corrected chi connectivity index (χ3v) is 5.77. The third-order valence-electron chi connectivity index (χ3n) is 5.77. The minimum absolute atomic E-state index is 0.0250. The maximum absolute atomic E-state index is 12.3. The van der Waals surface area contributed by atoms with E-state index in [1.54, 1.807) is 23.7 Å². The van der Waals surface area contributed by atoms with Gasteiger partial charge in [-0.15, -0.1) is 0 Å². The lowest BCUT2D eigenvalue weighted by Gasteiger charge is -2.22. The first kappa shape index (κ1) is 32.5. The number of hydrogen-bond donors (Lipinski definition) is 4. The van der Waals surface area contributed by atoms with Gasteiger partial charge in [0.25, 0.3) is 5.56 Å².